The van der Waals surface area contributed by atoms with Crippen LogP contribution in [0.4, 0.5) is 11.6 Å². The molecule has 0 amide bonds. The Labute approximate surface area is 150 Å². The predicted molar refractivity (Wildman–Crippen MR) is 96.2 cm³/mol. The van der Waals surface area contributed by atoms with Gasteiger partial charge >= 0.3 is 0 Å². The summed E-state index contributed by atoms with van der Waals surface area (Å²) in [6, 6.07) is 1.74. The van der Waals surface area contributed by atoms with Gasteiger partial charge in [0.2, 0.25) is 10.0 Å². The van der Waals surface area contributed by atoms with Crippen molar-refractivity contribution in [2.24, 2.45) is 0 Å². The van der Waals surface area contributed by atoms with Crippen LogP contribution in [0.2, 0.25) is 5.02 Å². The van der Waals surface area contributed by atoms with E-state index < -0.39 is 10.0 Å². The fourth-order valence-electron chi connectivity index (χ4n) is 2.74. The summed E-state index contributed by atoms with van der Waals surface area (Å²) in [5.74, 6) is 0.768. The lowest BCUT2D eigenvalue weighted by Crippen LogP contribution is -2.49. The second-order valence-corrected chi connectivity index (χ2v) is 9.31. The molecular weight excluding hydrogens is 370 g/mol. The number of aromatic nitrogens is 2. The summed E-state index contributed by atoms with van der Waals surface area (Å²) in [4.78, 5) is 12.2. The van der Waals surface area contributed by atoms with Gasteiger partial charge in [0.05, 0.1) is 4.90 Å². The van der Waals surface area contributed by atoms with E-state index in [9.17, 15) is 8.42 Å². The van der Waals surface area contributed by atoms with Crippen LogP contribution in [-0.2, 0) is 10.0 Å². The topological polar surface area (TPSA) is 92.4 Å². The number of nitrogen functional groups attached to an aromatic ring is 1. The van der Waals surface area contributed by atoms with E-state index >= 15 is 0 Å². The molecule has 2 aromatic rings. The van der Waals surface area contributed by atoms with Crippen molar-refractivity contribution in [3.8, 4) is 0 Å². The minimum Gasteiger partial charge on any atom is -0.382 e. The van der Waals surface area contributed by atoms with Crippen molar-refractivity contribution in [3.05, 3.63) is 27.2 Å². The maximum atomic E-state index is 12.8. The molecule has 24 heavy (non-hydrogen) atoms. The molecule has 130 valence electrons. The first-order valence-corrected chi connectivity index (χ1v) is 10.0. The summed E-state index contributed by atoms with van der Waals surface area (Å²) in [5.41, 5.74) is 5.70. The second kappa shape index (κ2) is 6.47. The molecule has 0 bridgehead atoms. The number of hydrogen-bond acceptors (Lipinski definition) is 7. The Kier molecular flexibility index (Phi) is 4.69. The van der Waals surface area contributed by atoms with Crippen molar-refractivity contribution in [1.82, 2.24) is 14.3 Å². The summed E-state index contributed by atoms with van der Waals surface area (Å²) in [6.45, 7) is 5.49. The largest absolute Gasteiger partial charge is 0.382 e. The predicted octanol–water partition coefficient (Wildman–Crippen LogP) is 1.90. The standard InChI is InChI=1S/C14H18ClN5O2S2/c1-9-7-11(10(2)23-9)24(21,22)20-5-3-19(4-6-20)14-12(15)13(16)17-8-18-14/h7-8H,3-6H2,1-2H3,(H2,16,17,18). The molecule has 0 atom stereocenters. The zero-order valence-electron chi connectivity index (χ0n) is 13.4. The van der Waals surface area contributed by atoms with E-state index in [-0.39, 0.29) is 5.82 Å². The number of rotatable bonds is 3. The molecule has 0 radical (unpaired) electrons. The van der Waals surface area contributed by atoms with Gasteiger partial charge in [0.25, 0.3) is 0 Å². The minimum absolute atomic E-state index is 0.223. The molecule has 1 aliphatic heterocycles. The molecule has 1 aliphatic rings. The number of hydrogen-bond donors (Lipinski definition) is 1. The molecule has 2 N–H and O–H groups in total. The quantitative estimate of drug-likeness (QED) is 0.864. The Bertz CT molecular complexity index is 860. The number of halogens is 1. The number of nitrogens with zero attached hydrogens (tertiary/aromatic N) is 4. The van der Waals surface area contributed by atoms with Crippen LogP contribution >= 0.6 is 22.9 Å². The lowest BCUT2D eigenvalue weighted by atomic mass is 10.3. The third kappa shape index (κ3) is 3.08. The van der Waals surface area contributed by atoms with Crippen molar-refractivity contribution in [2.75, 3.05) is 36.8 Å². The van der Waals surface area contributed by atoms with Crippen LogP contribution in [0.15, 0.2) is 17.3 Å². The summed E-state index contributed by atoms with van der Waals surface area (Å²) >= 11 is 7.65. The lowest BCUT2D eigenvalue weighted by molar-refractivity contribution is 0.383. The molecular formula is C14H18ClN5O2S2. The highest BCUT2D eigenvalue weighted by Crippen LogP contribution is 2.30. The van der Waals surface area contributed by atoms with E-state index in [4.69, 9.17) is 17.3 Å². The Morgan fingerprint density at radius 1 is 1.21 bits per heavy atom. The number of aryl methyl sites for hydroxylation is 2. The van der Waals surface area contributed by atoms with E-state index in [1.807, 2.05) is 18.7 Å². The number of sulfonamides is 1. The van der Waals surface area contributed by atoms with E-state index in [1.165, 1.54) is 22.0 Å². The molecule has 0 unspecified atom stereocenters. The Morgan fingerprint density at radius 2 is 1.88 bits per heavy atom. The van der Waals surface area contributed by atoms with Crippen molar-refractivity contribution >= 4 is 44.6 Å². The fraction of sp³-hybridized carbons (Fsp3) is 0.429. The monoisotopic (exact) mass is 387 g/mol. The molecule has 3 rings (SSSR count). The summed E-state index contributed by atoms with van der Waals surface area (Å²) in [5, 5.41) is 0.304. The Balaban J connectivity index is 1.77. The molecule has 0 spiro atoms. The first kappa shape index (κ1) is 17.4. The van der Waals surface area contributed by atoms with Crippen molar-refractivity contribution < 1.29 is 8.42 Å². The molecule has 0 aliphatic carbocycles. The zero-order chi connectivity index (χ0) is 17.5. The van der Waals surface area contributed by atoms with E-state index in [0.29, 0.717) is 41.9 Å². The van der Waals surface area contributed by atoms with Gasteiger partial charge in [-0.3, -0.25) is 0 Å². The zero-order valence-corrected chi connectivity index (χ0v) is 15.7. The molecule has 1 saturated heterocycles. The van der Waals surface area contributed by atoms with Gasteiger partial charge in [-0.15, -0.1) is 11.3 Å². The van der Waals surface area contributed by atoms with Crippen molar-refractivity contribution in [2.45, 2.75) is 18.7 Å². The molecule has 1 fully saturated rings. The van der Waals surface area contributed by atoms with Crippen LogP contribution in [0.3, 0.4) is 0 Å². The SMILES string of the molecule is Cc1cc(S(=O)(=O)N2CCN(c3ncnc(N)c3Cl)CC2)c(C)s1. The maximum absolute atomic E-state index is 12.8. The number of piperazine rings is 1. The minimum atomic E-state index is -3.47. The summed E-state index contributed by atoms with van der Waals surface area (Å²) < 4.78 is 27.2. The van der Waals surface area contributed by atoms with Gasteiger partial charge in [0, 0.05) is 35.9 Å². The van der Waals surface area contributed by atoms with Gasteiger partial charge in [-0.05, 0) is 19.9 Å². The third-order valence-corrected chi connectivity index (χ3v) is 7.43. The normalized spacial score (nSPS) is 16.5. The van der Waals surface area contributed by atoms with Gasteiger partial charge in [-0.1, -0.05) is 11.6 Å². The average Bonchev–Trinajstić information content (AvgIpc) is 2.89. The van der Waals surface area contributed by atoms with Crippen molar-refractivity contribution in [1.29, 1.82) is 0 Å². The highest BCUT2D eigenvalue weighted by Gasteiger charge is 2.31. The summed E-state index contributed by atoms with van der Waals surface area (Å²) in [6.07, 6.45) is 1.36. The highest BCUT2D eigenvalue weighted by molar-refractivity contribution is 7.89. The van der Waals surface area contributed by atoms with Crippen LogP contribution in [0.25, 0.3) is 0 Å². The van der Waals surface area contributed by atoms with E-state index in [0.717, 1.165) is 9.75 Å². The fourth-order valence-corrected chi connectivity index (χ4v) is 5.90. The molecule has 7 nitrogen and oxygen atoms in total. The first-order valence-electron chi connectivity index (χ1n) is 7.39. The summed E-state index contributed by atoms with van der Waals surface area (Å²) in [7, 11) is -3.47. The molecule has 10 heteroatoms. The van der Waals surface area contributed by atoms with Crippen molar-refractivity contribution in [3.63, 3.8) is 0 Å². The Morgan fingerprint density at radius 3 is 2.46 bits per heavy atom. The van der Waals surface area contributed by atoms with Gasteiger partial charge in [-0.25, -0.2) is 18.4 Å². The lowest BCUT2D eigenvalue weighted by Gasteiger charge is -2.34. The van der Waals surface area contributed by atoms with Crippen LogP contribution < -0.4 is 10.6 Å². The molecule has 3 heterocycles. The Hall–Kier alpha value is -1.42. The second-order valence-electron chi connectivity index (χ2n) is 5.57. The number of anilines is 2. The first-order chi connectivity index (χ1) is 11.3. The van der Waals surface area contributed by atoms with Crippen LogP contribution in [0.5, 0.6) is 0 Å². The number of thiophene rings is 1. The molecule has 0 aromatic carbocycles. The highest BCUT2D eigenvalue weighted by atomic mass is 35.5. The van der Waals surface area contributed by atoms with Crippen LogP contribution in [-0.4, -0.2) is 48.9 Å². The van der Waals surface area contributed by atoms with Crippen LogP contribution in [0, 0.1) is 13.8 Å². The van der Waals surface area contributed by atoms with Gasteiger partial charge in [0.15, 0.2) is 5.82 Å². The van der Waals surface area contributed by atoms with Gasteiger partial charge < -0.3 is 10.6 Å². The van der Waals surface area contributed by atoms with Crippen LogP contribution in [0.1, 0.15) is 9.75 Å². The number of nitrogens with two attached hydrogens (primary N) is 1. The maximum Gasteiger partial charge on any atom is 0.244 e. The smallest absolute Gasteiger partial charge is 0.244 e. The molecule has 2 aromatic heterocycles. The van der Waals surface area contributed by atoms with Gasteiger partial charge in [0.1, 0.15) is 17.2 Å². The van der Waals surface area contributed by atoms with Gasteiger partial charge in [-0.2, -0.15) is 4.31 Å². The average molecular weight is 388 g/mol. The van der Waals surface area contributed by atoms with E-state index in [2.05, 4.69) is 9.97 Å². The van der Waals surface area contributed by atoms with E-state index in [1.54, 1.807) is 6.07 Å². The third-order valence-electron chi connectivity index (χ3n) is 3.95. The molecule has 0 saturated carbocycles.